The van der Waals surface area contributed by atoms with Gasteiger partial charge in [-0.05, 0) is 39.7 Å². The van der Waals surface area contributed by atoms with Crippen LogP contribution < -0.4 is 5.32 Å². The lowest BCUT2D eigenvalue weighted by molar-refractivity contribution is 0.0424. The van der Waals surface area contributed by atoms with Crippen molar-refractivity contribution >= 4 is 33.1 Å². The fourth-order valence-electron chi connectivity index (χ4n) is 2.29. The van der Waals surface area contributed by atoms with Gasteiger partial charge in [0, 0.05) is 18.9 Å². The van der Waals surface area contributed by atoms with E-state index in [4.69, 9.17) is 12.2 Å². The number of aliphatic hydroxyl groups excluding tert-OH is 5. The Morgan fingerprint density at radius 1 is 1.29 bits per heavy atom. The van der Waals surface area contributed by atoms with Crippen molar-refractivity contribution in [1.82, 2.24) is 5.32 Å². The van der Waals surface area contributed by atoms with E-state index >= 15 is 0 Å². The average molecular weight is 416 g/mol. The second-order valence-corrected chi connectivity index (χ2v) is 6.80. The van der Waals surface area contributed by atoms with Crippen molar-refractivity contribution in [2.24, 2.45) is 5.92 Å². The molecule has 0 aromatic carbocycles. The maximum atomic E-state index is 9.62. The van der Waals surface area contributed by atoms with Crippen molar-refractivity contribution in [1.29, 1.82) is 0 Å². The van der Waals surface area contributed by atoms with Crippen LogP contribution in [0.5, 0.6) is 0 Å². The van der Waals surface area contributed by atoms with Crippen LogP contribution >= 0.6 is 28.1 Å². The Morgan fingerprint density at radius 2 is 2.00 bits per heavy atom. The van der Waals surface area contributed by atoms with E-state index in [2.05, 4.69) is 21.2 Å². The zero-order chi connectivity index (χ0) is 17.9. The highest BCUT2D eigenvalue weighted by atomic mass is 79.9. The number of hydrogen-bond donors (Lipinski definition) is 6. The summed E-state index contributed by atoms with van der Waals surface area (Å²) in [5, 5.41) is 50.6. The molecule has 2 rings (SSSR count). The first kappa shape index (κ1) is 18.7. The number of aliphatic hydroxyl groups is 5. The summed E-state index contributed by atoms with van der Waals surface area (Å²) in [6.45, 7) is 0.285. The first-order valence-corrected chi connectivity index (χ1v) is 8.40. The third-order valence-electron chi connectivity index (χ3n) is 3.60. The van der Waals surface area contributed by atoms with Crippen LogP contribution in [0.2, 0.25) is 0 Å². The summed E-state index contributed by atoms with van der Waals surface area (Å²) in [6.07, 6.45) is 5.88. The predicted molar refractivity (Wildman–Crippen MR) is 97.9 cm³/mol. The van der Waals surface area contributed by atoms with Crippen LogP contribution in [0.1, 0.15) is 6.42 Å². The van der Waals surface area contributed by atoms with Gasteiger partial charge in [0.1, 0.15) is 23.7 Å². The van der Waals surface area contributed by atoms with Gasteiger partial charge in [-0.25, -0.2) is 0 Å². The van der Waals surface area contributed by atoms with Gasteiger partial charge in [-0.1, -0.05) is 24.4 Å². The lowest BCUT2D eigenvalue weighted by Crippen LogP contribution is -2.31. The molecule has 0 fully saturated rings. The van der Waals surface area contributed by atoms with E-state index in [0.717, 1.165) is 0 Å². The summed E-state index contributed by atoms with van der Waals surface area (Å²) >= 11 is 8.35. The van der Waals surface area contributed by atoms with Crippen molar-refractivity contribution in [3.05, 3.63) is 57.7 Å². The van der Waals surface area contributed by atoms with Gasteiger partial charge < -0.3 is 30.8 Å². The summed E-state index contributed by atoms with van der Waals surface area (Å²) in [4.78, 5) is 0.437. The van der Waals surface area contributed by atoms with Crippen LogP contribution in [0.3, 0.4) is 0 Å². The maximum Gasteiger partial charge on any atom is 0.167 e. The first-order chi connectivity index (χ1) is 11.3. The Labute approximate surface area is 153 Å². The number of rotatable bonds is 4. The molecule has 2 aliphatic carbocycles. The fraction of sp³-hybridized carbons (Fsp3) is 0.312. The zero-order valence-electron chi connectivity index (χ0n) is 12.6. The quantitative estimate of drug-likeness (QED) is 0.308. The van der Waals surface area contributed by atoms with Gasteiger partial charge in [0.25, 0.3) is 0 Å². The number of allylic oxidation sites excluding steroid dienone is 4. The molecule has 0 saturated carbocycles. The van der Waals surface area contributed by atoms with Crippen molar-refractivity contribution in [3.8, 4) is 0 Å². The van der Waals surface area contributed by atoms with E-state index in [1.807, 2.05) is 0 Å². The van der Waals surface area contributed by atoms with Crippen LogP contribution in [-0.4, -0.2) is 49.3 Å². The molecule has 0 heterocycles. The third-order valence-corrected chi connectivity index (χ3v) is 4.52. The van der Waals surface area contributed by atoms with E-state index in [9.17, 15) is 25.5 Å². The van der Waals surface area contributed by atoms with Crippen molar-refractivity contribution < 1.29 is 25.5 Å². The molecule has 6 N–H and O–H groups in total. The van der Waals surface area contributed by atoms with Crippen LogP contribution in [0, 0.1) is 5.92 Å². The maximum absolute atomic E-state index is 9.62. The topological polar surface area (TPSA) is 113 Å². The molecule has 2 aliphatic rings. The third kappa shape index (κ3) is 4.70. The minimum absolute atomic E-state index is 0.0848. The van der Waals surface area contributed by atoms with Crippen molar-refractivity contribution in [2.75, 3.05) is 6.54 Å². The predicted octanol–water partition coefficient (Wildman–Crippen LogP) is 2.19. The van der Waals surface area contributed by atoms with Crippen molar-refractivity contribution in [2.45, 2.75) is 18.6 Å². The van der Waals surface area contributed by atoms with E-state index in [-0.39, 0.29) is 36.2 Å². The van der Waals surface area contributed by atoms with Crippen LogP contribution in [0.25, 0.3) is 0 Å². The lowest BCUT2D eigenvalue weighted by atomic mass is 9.98. The van der Waals surface area contributed by atoms with Crippen LogP contribution in [-0.2, 0) is 0 Å². The average Bonchev–Trinajstić information content (AvgIpc) is 2.53. The molecule has 0 aromatic heterocycles. The highest BCUT2D eigenvalue weighted by Gasteiger charge is 2.23. The molecule has 0 bridgehead atoms. The molecule has 24 heavy (non-hydrogen) atoms. The highest BCUT2D eigenvalue weighted by molar-refractivity contribution is 9.11. The summed E-state index contributed by atoms with van der Waals surface area (Å²) in [6, 6.07) is 0. The van der Waals surface area contributed by atoms with Gasteiger partial charge in [-0.15, -0.1) is 0 Å². The number of hydrogen-bond acceptors (Lipinski definition) is 6. The minimum atomic E-state index is -1.30. The molecule has 6 nitrogen and oxygen atoms in total. The Balaban J connectivity index is 1.88. The molecule has 0 saturated heterocycles. The molecule has 0 aliphatic heterocycles. The highest BCUT2D eigenvalue weighted by Crippen LogP contribution is 2.30. The molecule has 0 radical (unpaired) electrons. The normalized spacial score (nSPS) is 27.6. The van der Waals surface area contributed by atoms with Gasteiger partial charge >= 0.3 is 0 Å². The molecule has 8 heteroatoms. The van der Waals surface area contributed by atoms with Gasteiger partial charge in [0.2, 0.25) is 0 Å². The molecule has 0 amide bonds. The monoisotopic (exact) mass is 415 g/mol. The SMILES string of the molecule is OC1=CC(CNC(=S)/C=C/C2C=C(Br)C(O)=C(O)C2)=CC(O)C1O. The summed E-state index contributed by atoms with van der Waals surface area (Å²) in [5.41, 5.74) is 0.604. The summed E-state index contributed by atoms with van der Waals surface area (Å²) in [7, 11) is 0. The number of nitrogens with one attached hydrogen (secondary N) is 1. The summed E-state index contributed by atoms with van der Waals surface area (Å²) in [5.74, 6) is -0.636. The zero-order valence-corrected chi connectivity index (χ0v) is 15.0. The smallest absolute Gasteiger partial charge is 0.167 e. The number of halogens is 1. The molecule has 130 valence electrons. The Bertz CT molecular complexity index is 680. The second-order valence-electron chi connectivity index (χ2n) is 5.50. The molecule has 3 unspecified atom stereocenters. The Hall–Kier alpha value is -1.61. The minimum Gasteiger partial charge on any atom is -0.509 e. The van der Waals surface area contributed by atoms with E-state index in [1.165, 1.54) is 12.2 Å². The molecular formula is C16H18BrNO5S. The standard InChI is InChI=1S/C16H18BrNO5S/c17-10-3-8(4-11(19)15(10)22)1-2-14(24)18-7-9-5-12(20)16(23)13(21)6-9/h1-3,5-6,8,12,16,19-23H,4,7H2,(H,18,24)/b2-1+. The van der Waals surface area contributed by atoms with Gasteiger partial charge in [-0.3, -0.25) is 0 Å². The number of thiocarbonyl (C=S) groups is 1. The second kappa shape index (κ2) is 7.98. The lowest BCUT2D eigenvalue weighted by Gasteiger charge is -2.20. The molecule has 0 spiro atoms. The molecule has 0 aromatic rings. The van der Waals surface area contributed by atoms with E-state index < -0.39 is 12.2 Å². The van der Waals surface area contributed by atoms with E-state index in [0.29, 0.717) is 15.0 Å². The van der Waals surface area contributed by atoms with E-state index in [1.54, 1.807) is 18.2 Å². The Kier molecular flexibility index (Phi) is 6.22. The van der Waals surface area contributed by atoms with Crippen LogP contribution in [0.15, 0.2) is 57.7 Å². The van der Waals surface area contributed by atoms with Gasteiger partial charge in [-0.2, -0.15) is 0 Å². The van der Waals surface area contributed by atoms with Crippen LogP contribution in [0.4, 0.5) is 0 Å². The van der Waals surface area contributed by atoms with Crippen molar-refractivity contribution in [3.63, 3.8) is 0 Å². The van der Waals surface area contributed by atoms with Gasteiger partial charge in [0.05, 0.1) is 9.47 Å². The fourth-order valence-corrected chi connectivity index (χ4v) is 3.00. The Morgan fingerprint density at radius 3 is 2.62 bits per heavy atom. The largest absolute Gasteiger partial charge is 0.509 e. The van der Waals surface area contributed by atoms with Gasteiger partial charge in [0.15, 0.2) is 5.76 Å². The molecule has 3 atom stereocenters. The molecular weight excluding hydrogens is 398 g/mol. The summed E-state index contributed by atoms with van der Waals surface area (Å²) < 4.78 is 0.431. The first-order valence-electron chi connectivity index (χ1n) is 7.20.